The van der Waals surface area contributed by atoms with Crippen LogP contribution in [0.4, 0.5) is 5.69 Å². The number of halogens is 1. The Morgan fingerprint density at radius 1 is 1.14 bits per heavy atom. The van der Waals surface area contributed by atoms with Crippen molar-refractivity contribution in [3.63, 3.8) is 0 Å². The van der Waals surface area contributed by atoms with Crippen LogP contribution in [-0.2, 0) is 12.8 Å². The van der Waals surface area contributed by atoms with Crippen molar-refractivity contribution in [3.8, 4) is 5.75 Å². The highest BCUT2D eigenvalue weighted by atomic mass is 79.9. The van der Waals surface area contributed by atoms with E-state index >= 15 is 0 Å². The normalized spacial score (nSPS) is 13.6. The Morgan fingerprint density at radius 2 is 1.95 bits per heavy atom. The van der Waals surface area contributed by atoms with Crippen molar-refractivity contribution >= 4 is 27.5 Å². The molecule has 2 N–H and O–H groups in total. The number of hydrogen-bond donors (Lipinski definition) is 2. The molecule has 1 amide bonds. The molecule has 2 aromatic carbocycles. The maximum absolute atomic E-state index is 12.3. The van der Waals surface area contributed by atoms with E-state index in [4.69, 9.17) is 0 Å². The van der Waals surface area contributed by atoms with E-state index in [1.165, 1.54) is 30.0 Å². The van der Waals surface area contributed by atoms with Crippen molar-refractivity contribution in [2.75, 3.05) is 5.32 Å². The molecule has 0 spiro atoms. The summed E-state index contributed by atoms with van der Waals surface area (Å²) >= 11 is 3.21. The maximum atomic E-state index is 12.3. The second-order valence-electron chi connectivity index (χ2n) is 5.27. The molecular weight excluding hydrogens is 330 g/mol. The average Bonchev–Trinajstić information content (AvgIpc) is 2.50. The van der Waals surface area contributed by atoms with Gasteiger partial charge in [-0.2, -0.15) is 0 Å². The zero-order valence-electron chi connectivity index (χ0n) is 11.5. The number of anilines is 1. The predicted molar refractivity (Wildman–Crippen MR) is 86.8 cm³/mol. The van der Waals surface area contributed by atoms with Crippen LogP contribution in [0, 0.1) is 0 Å². The van der Waals surface area contributed by atoms with E-state index in [1.807, 2.05) is 12.1 Å². The molecule has 1 aliphatic rings. The van der Waals surface area contributed by atoms with E-state index in [0.29, 0.717) is 10.0 Å². The Labute approximate surface area is 132 Å². The summed E-state index contributed by atoms with van der Waals surface area (Å²) < 4.78 is 0.580. The molecule has 0 unspecified atom stereocenters. The van der Waals surface area contributed by atoms with Gasteiger partial charge in [-0.25, -0.2) is 0 Å². The lowest BCUT2D eigenvalue weighted by Gasteiger charge is -2.19. The second kappa shape index (κ2) is 5.90. The van der Waals surface area contributed by atoms with E-state index in [2.05, 4.69) is 27.3 Å². The van der Waals surface area contributed by atoms with Gasteiger partial charge in [-0.1, -0.05) is 12.1 Å². The Hall–Kier alpha value is -1.81. The summed E-state index contributed by atoms with van der Waals surface area (Å²) in [6.07, 6.45) is 4.47. The van der Waals surface area contributed by atoms with E-state index in [0.717, 1.165) is 18.5 Å². The number of amides is 1. The number of carbonyl (C=O) groups is 1. The predicted octanol–water partition coefficient (Wildman–Crippen LogP) is 4.29. The molecule has 0 saturated heterocycles. The van der Waals surface area contributed by atoms with Crippen LogP contribution in [-0.4, -0.2) is 11.0 Å². The third kappa shape index (κ3) is 2.95. The van der Waals surface area contributed by atoms with Gasteiger partial charge in [0, 0.05) is 11.3 Å². The Bertz CT molecular complexity index is 697. The second-order valence-corrected chi connectivity index (χ2v) is 6.13. The number of aromatic hydroxyl groups is 1. The molecule has 3 rings (SSSR count). The number of phenolic OH excluding ortho intramolecular Hbond substituents is 1. The van der Waals surface area contributed by atoms with Crippen molar-refractivity contribution in [3.05, 3.63) is 57.6 Å². The highest BCUT2D eigenvalue weighted by molar-refractivity contribution is 9.10. The van der Waals surface area contributed by atoms with Gasteiger partial charge in [0.05, 0.1) is 4.47 Å². The fourth-order valence-corrected chi connectivity index (χ4v) is 2.99. The van der Waals surface area contributed by atoms with E-state index in [1.54, 1.807) is 12.1 Å². The molecule has 2 aromatic rings. The first-order valence-electron chi connectivity index (χ1n) is 7.06. The number of carbonyl (C=O) groups excluding carboxylic acids is 1. The molecular formula is C17H16BrNO2. The molecule has 4 heteroatoms. The largest absolute Gasteiger partial charge is 0.507 e. The Balaban J connectivity index is 1.86. The quantitative estimate of drug-likeness (QED) is 0.852. The van der Waals surface area contributed by atoms with Crippen LogP contribution >= 0.6 is 15.9 Å². The zero-order chi connectivity index (χ0) is 14.8. The van der Waals surface area contributed by atoms with Crippen molar-refractivity contribution in [1.29, 1.82) is 0 Å². The van der Waals surface area contributed by atoms with Gasteiger partial charge < -0.3 is 10.4 Å². The number of nitrogens with one attached hydrogen (secondary N) is 1. The summed E-state index contributed by atoms with van der Waals surface area (Å²) in [5.41, 5.74) is 3.92. The molecule has 0 aromatic heterocycles. The minimum absolute atomic E-state index is 0.0674. The molecule has 0 aliphatic heterocycles. The van der Waals surface area contributed by atoms with Gasteiger partial charge in [0.1, 0.15) is 5.75 Å². The van der Waals surface area contributed by atoms with Gasteiger partial charge >= 0.3 is 0 Å². The topological polar surface area (TPSA) is 49.3 Å². The summed E-state index contributed by atoms with van der Waals surface area (Å²) in [7, 11) is 0. The molecule has 108 valence electrons. The fraction of sp³-hybridized carbons (Fsp3) is 0.235. The molecule has 21 heavy (non-hydrogen) atoms. The molecule has 0 bridgehead atoms. The van der Waals surface area contributed by atoms with E-state index in [-0.39, 0.29) is 11.7 Å². The summed E-state index contributed by atoms with van der Waals surface area (Å²) in [5.74, 6) is -0.130. The van der Waals surface area contributed by atoms with Crippen LogP contribution in [0.3, 0.4) is 0 Å². The van der Waals surface area contributed by atoms with Crippen LogP contribution in [0.15, 0.2) is 40.9 Å². The van der Waals surface area contributed by atoms with Crippen molar-refractivity contribution in [2.45, 2.75) is 25.7 Å². The zero-order valence-corrected chi connectivity index (χ0v) is 13.1. The number of hydrogen-bond acceptors (Lipinski definition) is 2. The summed E-state index contributed by atoms with van der Waals surface area (Å²) in [6, 6.07) is 10.9. The molecule has 0 radical (unpaired) electrons. The molecule has 3 nitrogen and oxygen atoms in total. The molecule has 0 heterocycles. The lowest BCUT2D eigenvalue weighted by molar-refractivity contribution is 0.102. The first-order valence-corrected chi connectivity index (χ1v) is 7.85. The van der Waals surface area contributed by atoms with Gasteiger partial charge in [0.15, 0.2) is 0 Å². The minimum Gasteiger partial charge on any atom is -0.507 e. The number of phenols is 1. The van der Waals surface area contributed by atoms with Crippen LogP contribution in [0.5, 0.6) is 5.75 Å². The Morgan fingerprint density at radius 3 is 2.76 bits per heavy atom. The van der Waals surface area contributed by atoms with Crippen LogP contribution in [0.1, 0.15) is 34.3 Å². The van der Waals surface area contributed by atoms with Gasteiger partial charge in [-0.05, 0) is 77.0 Å². The first kappa shape index (κ1) is 14.1. The molecule has 1 aliphatic carbocycles. The van der Waals surface area contributed by atoms with Crippen LogP contribution in [0.2, 0.25) is 0 Å². The number of fused-ring (bicyclic) bond motifs is 1. The standard InChI is InChI=1S/C17H16BrNO2/c18-14-9-8-12(10-16(14)20)17(21)19-15-7-3-5-11-4-1-2-6-13(11)15/h3,5,7-10,20H,1-2,4,6H2,(H,19,21). The number of aryl methyl sites for hydroxylation is 1. The lowest BCUT2D eigenvalue weighted by Crippen LogP contribution is -2.15. The van der Waals surface area contributed by atoms with Crippen LogP contribution < -0.4 is 5.32 Å². The van der Waals surface area contributed by atoms with Gasteiger partial charge in [-0.15, -0.1) is 0 Å². The maximum Gasteiger partial charge on any atom is 0.255 e. The van der Waals surface area contributed by atoms with Gasteiger partial charge in [0.25, 0.3) is 5.91 Å². The van der Waals surface area contributed by atoms with Crippen molar-refractivity contribution in [1.82, 2.24) is 0 Å². The summed E-state index contributed by atoms with van der Waals surface area (Å²) in [4.78, 5) is 12.3. The third-order valence-electron chi connectivity index (χ3n) is 3.85. The SMILES string of the molecule is O=C(Nc1cccc2c1CCCC2)c1ccc(Br)c(O)c1. The number of benzene rings is 2. The number of rotatable bonds is 2. The first-order chi connectivity index (χ1) is 10.1. The Kier molecular flexibility index (Phi) is 3.97. The summed E-state index contributed by atoms with van der Waals surface area (Å²) in [5, 5.41) is 12.6. The molecule has 0 fully saturated rings. The molecule has 0 saturated carbocycles. The van der Waals surface area contributed by atoms with Gasteiger partial charge in [-0.3, -0.25) is 4.79 Å². The average molecular weight is 346 g/mol. The van der Waals surface area contributed by atoms with Crippen molar-refractivity contribution in [2.24, 2.45) is 0 Å². The van der Waals surface area contributed by atoms with E-state index < -0.39 is 0 Å². The smallest absolute Gasteiger partial charge is 0.255 e. The monoisotopic (exact) mass is 345 g/mol. The lowest BCUT2D eigenvalue weighted by atomic mass is 9.90. The fourth-order valence-electron chi connectivity index (χ4n) is 2.75. The minimum atomic E-state index is -0.197. The van der Waals surface area contributed by atoms with E-state index in [9.17, 15) is 9.90 Å². The highest BCUT2D eigenvalue weighted by Gasteiger charge is 2.15. The third-order valence-corrected chi connectivity index (χ3v) is 4.52. The molecule has 0 atom stereocenters. The van der Waals surface area contributed by atoms with Crippen molar-refractivity contribution < 1.29 is 9.90 Å². The van der Waals surface area contributed by atoms with Gasteiger partial charge in [0.2, 0.25) is 0 Å². The van der Waals surface area contributed by atoms with Crippen LogP contribution in [0.25, 0.3) is 0 Å². The summed E-state index contributed by atoms with van der Waals surface area (Å²) in [6.45, 7) is 0. The highest BCUT2D eigenvalue weighted by Crippen LogP contribution is 2.29.